The molecule has 0 spiro atoms. The summed E-state index contributed by atoms with van der Waals surface area (Å²) < 4.78 is 8.29. The minimum absolute atomic E-state index is 0.228. The van der Waals surface area contributed by atoms with Crippen LogP contribution in [0.25, 0.3) is 16.7 Å². The van der Waals surface area contributed by atoms with Gasteiger partial charge >= 0.3 is 0 Å². The summed E-state index contributed by atoms with van der Waals surface area (Å²) in [7, 11) is 0. The number of nitrogens with zero attached hydrogens (tertiary/aromatic N) is 4. The number of carbonyl (C=O) groups is 1. The maximum absolute atomic E-state index is 13.1. The minimum Gasteiger partial charge on any atom is -0.452 e. The number of aromatic nitrogens is 2. The van der Waals surface area contributed by atoms with Crippen molar-refractivity contribution in [3.63, 3.8) is 0 Å². The number of carbonyl (C=O) groups excluding carboxylic acids is 1. The zero-order valence-corrected chi connectivity index (χ0v) is 19.0. The second-order valence-corrected chi connectivity index (χ2v) is 8.69. The van der Waals surface area contributed by atoms with Crippen molar-refractivity contribution in [2.24, 2.45) is 10.2 Å². The molecule has 0 N–H and O–H groups in total. The van der Waals surface area contributed by atoms with Crippen molar-refractivity contribution in [3.05, 3.63) is 111 Å². The van der Waals surface area contributed by atoms with Crippen LogP contribution in [-0.4, -0.2) is 21.8 Å². The molecule has 0 aliphatic heterocycles. The quantitative estimate of drug-likeness (QED) is 0.178. The van der Waals surface area contributed by atoms with Crippen LogP contribution in [0.5, 0.6) is 0 Å². The Hall–Kier alpha value is -3.62. The first-order chi connectivity index (χ1) is 15.7. The Morgan fingerprint density at radius 1 is 1.00 bits per heavy atom. The summed E-state index contributed by atoms with van der Waals surface area (Å²) in [6, 6.07) is 26.5. The van der Waals surface area contributed by atoms with E-state index in [-0.39, 0.29) is 16.6 Å². The summed E-state index contributed by atoms with van der Waals surface area (Å²) in [6.45, 7) is 0. The molecule has 156 valence electrons. The molecular weight excluding hydrogens is 488 g/mol. The number of hydrogen-bond acceptors (Lipinski definition) is 6. The fraction of sp³-hybridized carbons (Fsp3) is 0. The van der Waals surface area contributed by atoms with Gasteiger partial charge in [-0.2, -0.15) is 10.2 Å². The standard InChI is InChI=1S/C24H15BrN4O2S/c25-18-11-12-20-17(13-18)14-21(31-20)22(30)23-28-29(19-9-5-2-6-10-19)24(32-23)27-26-15-16-7-3-1-4-8-16/h1-15H/b26-15+,27-24+. The fourth-order valence-electron chi connectivity index (χ4n) is 3.09. The lowest BCUT2D eigenvalue weighted by Gasteiger charge is -1.99. The third-order valence-corrected chi connectivity index (χ3v) is 6.00. The molecule has 0 aliphatic rings. The summed E-state index contributed by atoms with van der Waals surface area (Å²) in [5.41, 5.74) is 2.35. The van der Waals surface area contributed by atoms with Crippen LogP contribution in [0.1, 0.15) is 21.1 Å². The van der Waals surface area contributed by atoms with Gasteiger partial charge in [-0.1, -0.05) is 75.8 Å². The number of hydrogen-bond donors (Lipinski definition) is 0. The number of halogens is 1. The van der Waals surface area contributed by atoms with Crippen molar-refractivity contribution in [3.8, 4) is 5.69 Å². The van der Waals surface area contributed by atoms with Crippen molar-refractivity contribution in [2.45, 2.75) is 0 Å². The van der Waals surface area contributed by atoms with E-state index in [4.69, 9.17) is 4.42 Å². The largest absolute Gasteiger partial charge is 0.452 e. The molecule has 6 nitrogen and oxygen atoms in total. The van der Waals surface area contributed by atoms with Gasteiger partial charge in [0, 0.05) is 9.86 Å². The second kappa shape index (κ2) is 8.86. The number of benzene rings is 3. The van der Waals surface area contributed by atoms with E-state index in [1.165, 1.54) is 0 Å². The molecular formula is C24H15BrN4O2S. The summed E-state index contributed by atoms with van der Waals surface area (Å²) in [6.07, 6.45) is 1.66. The van der Waals surface area contributed by atoms with Gasteiger partial charge in [-0.25, -0.2) is 4.68 Å². The highest BCUT2D eigenvalue weighted by atomic mass is 79.9. The minimum atomic E-state index is -0.305. The third kappa shape index (κ3) is 4.23. The maximum Gasteiger partial charge on any atom is 0.258 e. The number of ketones is 1. The molecule has 0 unspecified atom stereocenters. The van der Waals surface area contributed by atoms with Gasteiger partial charge in [-0.3, -0.25) is 4.79 Å². The van der Waals surface area contributed by atoms with E-state index in [9.17, 15) is 4.79 Å². The topological polar surface area (TPSA) is 72.8 Å². The Balaban J connectivity index is 1.56. The average molecular weight is 503 g/mol. The van der Waals surface area contributed by atoms with E-state index in [2.05, 4.69) is 31.2 Å². The molecule has 0 saturated carbocycles. The molecule has 3 aromatic carbocycles. The molecule has 0 saturated heterocycles. The van der Waals surface area contributed by atoms with Crippen molar-refractivity contribution in [2.75, 3.05) is 0 Å². The average Bonchev–Trinajstić information content (AvgIpc) is 3.44. The second-order valence-electron chi connectivity index (χ2n) is 6.81. The smallest absolute Gasteiger partial charge is 0.258 e. The highest BCUT2D eigenvalue weighted by Gasteiger charge is 2.20. The molecule has 5 rings (SSSR count). The highest BCUT2D eigenvalue weighted by Crippen LogP contribution is 2.25. The molecule has 32 heavy (non-hydrogen) atoms. The number of para-hydroxylation sites is 1. The third-order valence-electron chi connectivity index (χ3n) is 4.61. The van der Waals surface area contributed by atoms with E-state index in [0.717, 1.165) is 32.4 Å². The first kappa shape index (κ1) is 20.3. The van der Waals surface area contributed by atoms with Crippen molar-refractivity contribution < 1.29 is 9.21 Å². The predicted octanol–water partition coefficient (Wildman–Crippen LogP) is 5.61. The van der Waals surface area contributed by atoms with Crippen LogP contribution in [0.4, 0.5) is 0 Å². The van der Waals surface area contributed by atoms with Crippen molar-refractivity contribution >= 4 is 50.2 Å². The Morgan fingerprint density at radius 3 is 2.53 bits per heavy atom. The lowest BCUT2D eigenvalue weighted by atomic mass is 10.2. The van der Waals surface area contributed by atoms with Gasteiger partial charge in [0.25, 0.3) is 5.78 Å². The summed E-state index contributed by atoms with van der Waals surface area (Å²) >= 11 is 4.60. The predicted molar refractivity (Wildman–Crippen MR) is 128 cm³/mol. The first-order valence-electron chi connectivity index (χ1n) is 9.69. The Morgan fingerprint density at radius 2 is 1.75 bits per heavy atom. The molecule has 0 aliphatic carbocycles. The van der Waals surface area contributed by atoms with Crippen LogP contribution in [0, 0.1) is 0 Å². The zero-order chi connectivity index (χ0) is 21.9. The van der Waals surface area contributed by atoms with Crippen molar-refractivity contribution in [1.29, 1.82) is 0 Å². The molecule has 2 aromatic heterocycles. The van der Waals surface area contributed by atoms with Gasteiger partial charge in [-0.05, 0) is 42.0 Å². The summed E-state index contributed by atoms with van der Waals surface area (Å²) in [5, 5.41) is 14.1. The van der Waals surface area contributed by atoms with Gasteiger partial charge < -0.3 is 4.42 Å². The number of furan rings is 1. The van der Waals surface area contributed by atoms with Gasteiger partial charge in [0.15, 0.2) is 10.8 Å². The molecule has 5 aromatic rings. The van der Waals surface area contributed by atoms with Gasteiger partial charge in [0.05, 0.1) is 11.9 Å². The molecule has 8 heteroatoms. The van der Waals surface area contributed by atoms with Crippen LogP contribution in [0.3, 0.4) is 0 Å². The Kier molecular flexibility index (Phi) is 5.62. The summed E-state index contributed by atoms with van der Waals surface area (Å²) in [4.78, 5) is 13.6. The monoisotopic (exact) mass is 502 g/mol. The van der Waals surface area contributed by atoms with Crippen LogP contribution in [0.15, 0.2) is 104 Å². The van der Waals surface area contributed by atoms with Crippen LogP contribution in [-0.2, 0) is 0 Å². The fourth-order valence-corrected chi connectivity index (χ4v) is 4.28. The maximum atomic E-state index is 13.1. The first-order valence-corrected chi connectivity index (χ1v) is 11.3. The Bertz CT molecular complexity index is 1500. The van der Waals surface area contributed by atoms with E-state index in [1.807, 2.05) is 78.9 Å². The number of fused-ring (bicyclic) bond motifs is 1. The molecule has 0 fully saturated rings. The molecule has 0 radical (unpaired) electrons. The summed E-state index contributed by atoms with van der Waals surface area (Å²) in [5.74, 6) is -0.0770. The van der Waals surface area contributed by atoms with E-state index >= 15 is 0 Å². The van der Waals surface area contributed by atoms with E-state index < -0.39 is 0 Å². The van der Waals surface area contributed by atoms with E-state index in [0.29, 0.717) is 10.4 Å². The number of rotatable bonds is 5. The van der Waals surface area contributed by atoms with Gasteiger partial charge in [0.1, 0.15) is 5.58 Å². The zero-order valence-electron chi connectivity index (χ0n) is 16.6. The lowest BCUT2D eigenvalue weighted by molar-refractivity contribution is 0.101. The van der Waals surface area contributed by atoms with Crippen LogP contribution in [0.2, 0.25) is 0 Å². The SMILES string of the molecule is O=C(c1cc2cc(Br)ccc2o1)c1nn(-c2ccccc2)/c(=N\N=C\c2ccccc2)s1. The van der Waals surface area contributed by atoms with Crippen LogP contribution >= 0.6 is 27.3 Å². The normalized spacial score (nSPS) is 12.1. The van der Waals surface area contributed by atoms with Gasteiger partial charge in [-0.15, -0.1) is 5.10 Å². The van der Waals surface area contributed by atoms with Crippen molar-refractivity contribution in [1.82, 2.24) is 9.78 Å². The molecule has 0 bridgehead atoms. The highest BCUT2D eigenvalue weighted by molar-refractivity contribution is 9.10. The molecule has 0 amide bonds. The molecule has 0 atom stereocenters. The molecule has 2 heterocycles. The lowest BCUT2D eigenvalue weighted by Crippen LogP contribution is -2.14. The Labute approximate surface area is 195 Å². The van der Waals surface area contributed by atoms with E-state index in [1.54, 1.807) is 17.0 Å². The van der Waals surface area contributed by atoms with Gasteiger partial charge in [0.2, 0.25) is 4.80 Å². The van der Waals surface area contributed by atoms with Crippen LogP contribution < -0.4 is 4.80 Å².